The van der Waals surface area contributed by atoms with Gasteiger partial charge < -0.3 is 4.90 Å². The number of benzene rings is 2. The molecule has 0 atom stereocenters. The minimum absolute atomic E-state index is 0.198. The molecule has 10 heteroatoms. The fourth-order valence-electron chi connectivity index (χ4n) is 4.98. The number of sulfone groups is 2. The third-order valence-electron chi connectivity index (χ3n) is 7.01. The minimum atomic E-state index is -3.30. The summed E-state index contributed by atoms with van der Waals surface area (Å²) in [5.41, 5.74) is 5.64. The standard InChI is InChI=1S/C27H29N4O4S2/c1-36(32,33)17-16-30-13-10-20(11-14-30)22-4-3-5-23(18-22)25-12-15-31-27(28-19-29-31)26(25)21-6-8-24(9-7-21)37(2,34)35/h3-9,12,15,18,20H,10-11,13-14,16-17H2,1-2H3. The summed E-state index contributed by atoms with van der Waals surface area (Å²) in [7, 11) is -6.26. The van der Waals surface area contributed by atoms with Gasteiger partial charge in [-0.2, -0.15) is 0 Å². The van der Waals surface area contributed by atoms with Gasteiger partial charge in [-0.15, -0.1) is 5.10 Å². The highest BCUT2D eigenvalue weighted by Gasteiger charge is 2.22. The molecule has 37 heavy (non-hydrogen) atoms. The quantitative estimate of drug-likeness (QED) is 0.356. The molecule has 0 saturated carbocycles. The van der Waals surface area contributed by atoms with E-state index in [0.29, 0.717) is 18.1 Å². The van der Waals surface area contributed by atoms with E-state index < -0.39 is 19.7 Å². The van der Waals surface area contributed by atoms with Gasteiger partial charge in [0.15, 0.2) is 15.5 Å². The highest BCUT2D eigenvalue weighted by molar-refractivity contribution is 7.91. The van der Waals surface area contributed by atoms with Crippen LogP contribution in [0.5, 0.6) is 0 Å². The van der Waals surface area contributed by atoms with Crippen molar-refractivity contribution in [2.45, 2.75) is 23.7 Å². The fraction of sp³-hybridized carbons (Fsp3) is 0.333. The number of fused-ring (bicyclic) bond motifs is 1. The molecule has 2 aromatic heterocycles. The topological polar surface area (TPSA) is 102 Å². The van der Waals surface area contributed by atoms with Crippen molar-refractivity contribution in [1.29, 1.82) is 0 Å². The van der Waals surface area contributed by atoms with E-state index in [4.69, 9.17) is 0 Å². The van der Waals surface area contributed by atoms with Crippen molar-refractivity contribution >= 4 is 25.3 Å². The van der Waals surface area contributed by atoms with Gasteiger partial charge in [-0.25, -0.2) is 26.3 Å². The summed E-state index contributed by atoms with van der Waals surface area (Å²) in [6.07, 6.45) is 8.97. The van der Waals surface area contributed by atoms with E-state index in [2.05, 4.69) is 45.6 Å². The average Bonchev–Trinajstić information content (AvgIpc) is 3.35. The maximum absolute atomic E-state index is 12.0. The number of piperidine rings is 1. The van der Waals surface area contributed by atoms with Crippen LogP contribution < -0.4 is 0 Å². The molecule has 1 saturated heterocycles. The van der Waals surface area contributed by atoms with Gasteiger partial charge in [0.25, 0.3) is 0 Å². The zero-order valence-corrected chi connectivity index (χ0v) is 22.5. The van der Waals surface area contributed by atoms with E-state index in [1.165, 1.54) is 18.1 Å². The summed E-state index contributed by atoms with van der Waals surface area (Å²) in [6, 6.07) is 17.4. The Morgan fingerprint density at radius 3 is 2.35 bits per heavy atom. The molecule has 193 valence electrons. The van der Waals surface area contributed by atoms with Gasteiger partial charge in [-0.05, 0) is 72.3 Å². The van der Waals surface area contributed by atoms with E-state index in [9.17, 15) is 16.8 Å². The molecule has 0 N–H and O–H groups in total. The molecule has 0 aliphatic carbocycles. The first-order valence-electron chi connectivity index (χ1n) is 12.1. The second-order valence-electron chi connectivity index (χ2n) is 9.75. The van der Waals surface area contributed by atoms with Crippen LogP contribution in [0, 0.1) is 6.33 Å². The summed E-state index contributed by atoms with van der Waals surface area (Å²) in [5, 5.41) is 4.17. The Morgan fingerprint density at radius 1 is 0.946 bits per heavy atom. The molecule has 1 aliphatic heterocycles. The molecule has 3 heterocycles. The largest absolute Gasteiger partial charge is 0.302 e. The van der Waals surface area contributed by atoms with Gasteiger partial charge in [0.05, 0.1) is 10.6 Å². The molecule has 0 amide bonds. The van der Waals surface area contributed by atoms with Gasteiger partial charge in [0.2, 0.25) is 6.33 Å². The van der Waals surface area contributed by atoms with Crippen LogP contribution in [0.1, 0.15) is 24.3 Å². The normalized spacial score (nSPS) is 15.8. The van der Waals surface area contributed by atoms with Crippen LogP contribution in [0.25, 0.3) is 27.9 Å². The smallest absolute Gasteiger partial charge is 0.221 e. The second-order valence-corrected chi connectivity index (χ2v) is 14.0. The van der Waals surface area contributed by atoms with Crippen molar-refractivity contribution in [1.82, 2.24) is 19.5 Å². The molecular weight excluding hydrogens is 508 g/mol. The van der Waals surface area contributed by atoms with Crippen LogP contribution in [-0.2, 0) is 19.7 Å². The highest BCUT2D eigenvalue weighted by atomic mass is 32.2. The van der Waals surface area contributed by atoms with Crippen molar-refractivity contribution in [3.05, 3.63) is 72.7 Å². The Labute approximate surface area is 217 Å². The average molecular weight is 538 g/mol. The third-order valence-corrected chi connectivity index (χ3v) is 9.06. The van der Waals surface area contributed by atoms with Crippen LogP contribution in [-0.4, -0.2) is 74.2 Å². The number of aromatic nitrogens is 3. The minimum Gasteiger partial charge on any atom is -0.302 e. The van der Waals surface area contributed by atoms with Gasteiger partial charge >= 0.3 is 0 Å². The van der Waals surface area contributed by atoms with Crippen molar-refractivity contribution in [2.75, 3.05) is 37.9 Å². The number of hydrogen-bond donors (Lipinski definition) is 0. The number of pyridine rings is 1. The molecular formula is C27H29N4O4S2. The third kappa shape index (κ3) is 5.76. The highest BCUT2D eigenvalue weighted by Crippen LogP contribution is 2.37. The van der Waals surface area contributed by atoms with E-state index in [0.717, 1.165) is 48.2 Å². The molecule has 1 aliphatic rings. The zero-order valence-electron chi connectivity index (χ0n) is 20.8. The number of hydrogen-bond acceptors (Lipinski definition) is 7. The maximum Gasteiger partial charge on any atom is 0.221 e. The first-order chi connectivity index (χ1) is 17.6. The summed E-state index contributed by atoms with van der Waals surface area (Å²) < 4.78 is 48.6. The molecule has 0 spiro atoms. The summed E-state index contributed by atoms with van der Waals surface area (Å²) in [4.78, 5) is 6.87. The van der Waals surface area contributed by atoms with Crippen LogP contribution in [0.15, 0.2) is 65.7 Å². The molecule has 1 radical (unpaired) electrons. The van der Waals surface area contributed by atoms with Gasteiger partial charge in [0.1, 0.15) is 9.84 Å². The number of rotatable bonds is 7. The molecule has 0 bridgehead atoms. The lowest BCUT2D eigenvalue weighted by Gasteiger charge is -2.32. The van der Waals surface area contributed by atoms with E-state index in [-0.39, 0.29) is 10.6 Å². The lowest BCUT2D eigenvalue weighted by molar-refractivity contribution is 0.223. The van der Waals surface area contributed by atoms with Gasteiger partial charge in [-0.1, -0.05) is 36.4 Å². The lowest BCUT2D eigenvalue weighted by atomic mass is 9.87. The second kappa shape index (κ2) is 10.00. The van der Waals surface area contributed by atoms with Gasteiger partial charge in [-0.3, -0.25) is 0 Å². The van der Waals surface area contributed by atoms with Gasteiger partial charge in [0, 0.05) is 30.8 Å². The fourth-order valence-corrected chi connectivity index (χ4v) is 6.20. The predicted octanol–water partition coefficient (Wildman–Crippen LogP) is 3.49. The number of nitrogens with zero attached hydrogens (tertiary/aromatic N) is 4. The zero-order chi connectivity index (χ0) is 26.2. The molecule has 8 nitrogen and oxygen atoms in total. The van der Waals surface area contributed by atoms with Crippen molar-refractivity contribution in [3.63, 3.8) is 0 Å². The van der Waals surface area contributed by atoms with Crippen LogP contribution in [0.4, 0.5) is 0 Å². The summed E-state index contributed by atoms with van der Waals surface area (Å²) >= 11 is 0. The van der Waals surface area contributed by atoms with Crippen molar-refractivity contribution in [2.24, 2.45) is 0 Å². The lowest BCUT2D eigenvalue weighted by Crippen LogP contribution is -2.36. The Hall–Kier alpha value is -3.08. The Morgan fingerprint density at radius 2 is 1.68 bits per heavy atom. The molecule has 2 aromatic carbocycles. The maximum atomic E-state index is 12.0. The van der Waals surface area contributed by atoms with E-state index in [1.54, 1.807) is 28.8 Å². The SMILES string of the molecule is CS(=O)(=O)CCN1CCC(c2cccc(-c3ccn4n[c]nc4c3-c3ccc(S(C)(=O)=O)cc3)c2)CC1. The number of likely N-dealkylation sites (tertiary alicyclic amines) is 1. The molecule has 5 rings (SSSR count). The predicted molar refractivity (Wildman–Crippen MR) is 144 cm³/mol. The Bertz CT molecular complexity index is 1640. The summed E-state index contributed by atoms with van der Waals surface area (Å²) in [5.74, 6) is 0.598. The molecule has 0 unspecified atom stereocenters. The first-order valence-corrected chi connectivity index (χ1v) is 16.1. The van der Waals surface area contributed by atoms with Crippen molar-refractivity contribution in [3.8, 4) is 22.3 Å². The van der Waals surface area contributed by atoms with Crippen molar-refractivity contribution < 1.29 is 16.8 Å². The Balaban J connectivity index is 1.46. The summed E-state index contributed by atoms with van der Waals surface area (Å²) in [6.45, 7) is 2.34. The molecule has 1 fully saturated rings. The molecule has 4 aromatic rings. The first kappa shape index (κ1) is 25.6. The van der Waals surface area contributed by atoms with Crippen LogP contribution >= 0.6 is 0 Å². The monoisotopic (exact) mass is 537 g/mol. The van der Waals surface area contributed by atoms with Crippen LogP contribution in [0.2, 0.25) is 0 Å². The van der Waals surface area contributed by atoms with Crippen LogP contribution in [0.3, 0.4) is 0 Å². The van der Waals surface area contributed by atoms with E-state index >= 15 is 0 Å². The Kier molecular flexibility index (Phi) is 6.91. The van der Waals surface area contributed by atoms with E-state index in [1.807, 2.05) is 12.3 Å².